The topological polar surface area (TPSA) is 87.7 Å². The van der Waals surface area contributed by atoms with E-state index in [1.54, 1.807) is 0 Å². The summed E-state index contributed by atoms with van der Waals surface area (Å²) in [6, 6.07) is 2.98. The third-order valence-corrected chi connectivity index (χ3v) is 9.21. The average molecular weight is 810 g/mol. The zero-order valence-electron chi connectivity index (χ0n) is 15.3. The molecule has 2 aliphatic rings. The van der Waals surface area contributed by atoms with Crippen molar-refractivity contribution in [3.05, 3.63) is 65.9 Å². The van der Waals surface area contributed by atoms with Crippen molar-refractivity contribution in [1.29, 1.82) is 0 Å². The first-order chi connectivity index (χ1) is 15.4. The van der Waals surface area contributed by atoms with Crippen molar-refractivity contribution in [2.24, 2.45) is 0 Å². The van der Waals surface area contributed by atoms with Crippen LogP contribution in [0.5, 0.6) is 5.75 Å². The quantitative estimate of drug-likeness (QED) is 0.0915. The number of benzene rings is 3. The van der Waals surface area contributed by atoms with E-state index in [-0.39, 0.29) is 95.8 Å². The first-order valence-electron chi connectivity index (χ1n) is 8.43. The second kappa shape index (κ2) is 10.7. The average Bonchev–Trinajstić information content (AvgIpc) is 2.76. The van der Waals surface area contributed by atoms with E-state index >= 15 is 0 Å². The summed E-state index contributed by atoms with van der Waals surface area (Å²) in [4.78, 5) is 24.8. The van der Waals surface area contributed by atoms with Gasteiger partial charge >= 0.3 is 35.5 Å². The second-order valence-corrected chi connectivity index (χ2v) is 11.4. The van der Waals surface area contributed by atoms with Gasteiger partial charge in [0, 0.05) is 22.1 Å². The standard InChI is InChI=1S/C20H4Br4Cl4O5.Na.H/c21-5-1-3-7(8-9(20(31)32)13(26)15(28)14(27)12(8)25)4-2-6(22)17(30)11(24)19(4)33-18(3)10(23)16(5)29;;/h1-2,29H,(H,31,32);;. The summed E-state index contributed by atoms with van der Waals surface area (Å²) in [7, 11) is 0. The number of phenolic OH excluding ortho intramolecular Hbond substituents is 1. The van der Waals surface area contributed by atoms with Crippen molar-refractivity contribution in [1.82, 2.24) is 0 Å². The van der Waals surface area contributed by atoms with Gasteiger partial charge in [0.25, 0.3) is 0 Å². The molecule has 34 heavy (non-hydrogen) atoms. The summed E-state index contributed by atoms with van der Waals surface area (Å²) in [6.07, 6.45) is 0. The molecule has 0 fully saturated rings. The van der Waals surface area contributed by atoms with Crippen molar-refractivity contribution in [2.45, 2.75) is 0 Å². The van der Waals surface area contributed by atoms with Crippen LogP contribution in [0.4, 0.5) is 0 Å². The van der Waals surface area contributed by atoms with Crippen molar-refractivity contribution in [3.8, 4) is 28.2 Å². The van der Waals surface area contributed by atoms with E-state index < -0.39 is 17.0 Å². The molecule has 1 aliphatic carbocycles. The fourth-order valence-electron chi connectivity index (χ4n) is 3.33. The van der Waals surface area contributed by atoms with E-state index in [0.29, 0.717) is 10.9 Å². The van der Waals surface area contributed by atoms with E-state index in [1.165, 1.54) is 12.1 Å². The fraction of sp³-hybridized carbons (Fsp3) is 0. The molecule has 0 saturated carbocycles. The molecule has 2 aromatic rings. The Labute approximate surface area is 266 Å². The van der Waals surface area contributed by atoms with Gasteiger partial charge in [-0.25, -0.2) is 4.79 Å². The number of rotatable bonds is 2. The van der Waals surface area contributed by atoms with E-state index in [2.05, 4.69) is 63.7 Å². The summed E-state index contributed by atoms with van der Waals surface area (Å²) in [5.74, 6) is -1.51. The Morgan fingerprint density at radius 2 is 1.44 bits per heavy atom. The third-order valence-electron chi connectivity index (χ3n) is 4.75. The van der Waals surface area contributed by atoms with Crippen LogP contribution in [0.1, 0.15) is 10.4 Å². The maximum absolute atomic E-state index is 12.6. The Hall–Kier alpha value is 0.480. The van der Waals surface area contributed by atoms with Gasteiger partial charge in [-0.15, -0.1) is 0 Å². The Balaban J connectivity index is 0.00000324. The molecule has 1 aliphatic heterocycles. The minimum atomic E-state index is -1.41. The molecule has 0 spiro atoms. The number of carboxylic acid groups (broad SMARTS) is 1. The van der Waals surface area contributed by atoms with Crippen LogP contribution in [0.2, 0.25) is 20.1 Å². The molecule has 0 saturated heterocycles. The van der Waals surface area contributed by atoms with E-state index in [1.807, 2.05) is 0 Å². The molecule has 14 heteroatoms. The number of phenols is 1. The van der Waals surface area contributed by atoms with Gasteiger partial charge in [0.2, 0.25) is 5.43 Å². The normalized spacial score (nSPS) is 11.2. The zero-order valence-corrected chi connectivity index (χ0v) is 24.7. The summed E-state index contributed by atoms with van der Waals surface area (Å²) >= 11 is 38.3. The molecule has 0 bridgehead atoms. The maximum atomic E-state index is 12.6. The van der Waals surface area contributed by atoms with Crippen LogP contribution in [-0.4, -0.2) is 45.7 Å². The molecule has 0 radical (unpaired) electrons. The molecular weight excluding hydrogens is 805 g/mol. The van der Waals surface area contributed by atoms with Crippen LogP contribution < -0.4 is 5.43 Å². The van der Waals surface area contributed by atoms with E-state index in [4.69, 9.17) is 50.8 Å². The van der Waals surface area contributed by atoms with Crippen molar-refractivity contribution < 1.29 is 19.4 Å². The molecule has 0 atom stereocenters. The number of aromatic hydroxyl groups is 1. The van der Waals surface area contributed by atoms with Crippen molar-refractivity contribution >= 4 is 157 Å². The molecule has 0 unspecified atom stereocenters. The first-order valence-corrected chi connectivity index (χ1v) is 13.1. The molecule has 1 heterocycles. The SMILES string of the molecule is O=C(O)c1c(Cl)c(Cl)c(Cl)c(Cl)c1-c1c2cc(Br)c(=O)c(Br)c-2oc2c(Br)c(O)c(Br)cc12.[NaH]. The molecule has 2 aromatic carbocycles. The van der Waals surface area contributed by atoms with Crippen molar-refractivity contribution in [3.63, 3.8) is 0 Å². The number of halogens is 8. The van der Waals surface area contributed by atoms with Gasteiger partial charge in [-0.3, -0.25) is 4.79 Å². The van der Waals surface area contributed by atoms with Crippen molar-refractivity contribution in [2.75, 3.05) is 0 Å². The Kier molecular flexibility index (Phi) is 9.13. The van der Waals surface area contributed by atoms with Crippen LogP contribution in [0.25, 0.3) is 33.4 Å². The Bertz CT molecular complexity index is 1570. The third kappa shape index (κ3) is 4.51. The predicted molar refractivity (Wildman–Crippen MR) is 151 cm³/mol. The van der Waals surface area contributed by atoms with Gasteiger partial charge in [0.15, 0.2) is 11.3 Å². The minimum absolute atomic E-state index is 0. The van der Waals surface area contributed by atoms with Gasteiger partial charge in [-0.05, 0) is 75.9 Å². The summed E-state index contributed by atoms with van der Waals surface area (Å²) in [5.41, 5.74) is -0.206. The van der Waals surface area contributed by atoms with Crippen LogP contribution >= 0.6 is 110 Å². The Morgan fingerprint density at radius 3 is 2.03 bits per heavy atom. The summed E-state index contributed by atoms with van der Waals surface area (Å²) < 4.78 is 6.64. The molecule has 5 nitrogen and oxygen atoms in total. The van der Waals surface area contributed by atoms with Crippen LogP contribution in [0, 0.1) is 0 Å². The van der Waals surface area contributed by atoms with Gasteiger partial charge < -0.3 is 14.6 Å². The molecule has 0 aromatic heterocycles. The molecule has 172 valence electrons. The molecular formula is C20H5Br4Cl4NaO5. The zero-order chi connectivity index (χ0) is 24.5. The van der Waals surface area contributed by atoms with Gasteiger partial charge in [0.05, 0.1) is 34.6 Å². The summed E-state index contributed by atoms with van der Waals surface area (Å²) in [5, 5.41) is 19.9. The number of aromatic carboxylic acids is 1. The number of carbonyl (C=O) groups is 1. The van der Waals surface area contributed by atoms with E-state index in [0.717, 1.165) is 0 Å². The number of carboxylic acids is 1. The van der Waals surface area contributed by atoms with Gasteiger partial charge in [0.1, 0.15) is 14.7 Å². The fourth-order valence-corrected chi connectivity index (χ4v) is 6.76. The summed E-state index contributed by atoms with van der Waals surface area (Å²) in [6.45, 7) is 0. The predicted octanol–water partition coefficient (Wildman–Crippen LogP) is 8.98. The number of fused-ring (bicyclic) bond motifs is 2. The monoisotopic (exact) mass is 804 g/mol. The van der Waals surface area contributed by atoms with Gasteiger partial charge in [-0.1, -0.05) is 46.4 Å². The molecule has 2 N–H and O–H groups in total. The van der Waals surface area contributed by atoms with Gasteiger partial charge in [-0.2, -0.15) is 0 Å². The van der Waals surface area contributed by atoms with Crippen LogP contribution in [0.15, 0.2) is 39.2 Å². The van der Waals surface area contributed by atoms with Crippen LogP contribution in [0.3, 0.4) is 0 Å². The second-order valence-electron chi connectivity index (χ2n) is 6.56. The van der Waals surface area contributed by atoms with Crippen LogP contribution in [-0.2, 0) is 0 Å². The van der Waals surface area contributed by atoms with E-state index in [9.17, 15) is 19.8 Å². The first kappa shape index (κ1) is 29.0. The number of hydrogen-bond donors (Lipinski definition) is 2. The molecule has 0 amide bonds. The Morgan fingerprint density at radius 1 is 0.853 bits per heavy atom. The number of hydrogen-bond acceptors (Lipinski definition) is 4. The molecule has 4 rings (SSSR count).